The summed E-state index contributed by atoms with van der Waals surface area (Å²) >= 11 is 4.64. The molecule has 0 radical (unpaired) electrons. The van der Waals surface area contributed by atoms with Crippen LogP contribution in [0.1, 0.15) is 57.6 Å². The Bertz CT molecular complexity index is 953. The monoisotopic (exact) mass is 475 g/mol. The van der Waals surface area contributed by atoms with E-state index in [9.17, 15) is 9.59 Å². The number of carbonyl (C=O) groups is 2. The summed E-state index contributed by atoms with van der Waals surface area (Å²) in [6.07, 6.45) is 3.55. The Balaban J connectivity index is 1.83. The molecule has 2 heterocycles. The van der Waals surface area contributed by atoms with Crippen LogP contribution in [0.25, 0.3) is 0 Å². The van der Waals surface area contributed by atoms with E-state index in [0.717, 1.165) is 18.6 Å². The van der Waals surface area contributed by atoms with E-state index >= 15 is 0 Å². The first kappa shape index (κ1) is 24.6. The maximum absolute atomic E-state index is 13.9. The number of Topliss-reactive ketones (excluding diaryl/α,β-unsaturated/α-hetero) is 1. The summed E-state index contributed by atoms with van der Waals surface area (Å²) < 4.78 is 16.2. The number of ether oxygens (including phenoxy) is 3. The highest BCUT2D eigenvalue weighted by molar-refractivity contribution is 7.81. The third kappa shape index (κ3) is 3.29. The number of likely N-dealkylation sites (N-methyl/N-ethyl adjacent to an activating group) is 1. The Kier molecular flexibility index (Phi) is 6.38. The summed E-state index contributed by atoms with van der Waals surface area (Å²) in [6, 6.07) is 6.29. The Morgan fingerprint density at radius 3 is 2.61 bits per heavy atom. The van der Waals surface area contributed by atoms with Crippen molar-refractivity contribution in [2.75, 3.05) is 28.1 Å². The smallest absolute Gasteiger partial charge is 0.321 e. The van der Waals surface area contributed by atoms with Crippen molar-refractivity contribution in [3.63, 3.8) is 0 Å². The van der Waals surface area contributed by atoms with Crippen molar-refractivity contribution >= 4 is 24.4 Å². The second kappa shape index (κ2) is 8.58. The largest absolute Gasteiger partial charge is 0.468 e. The zero-order chi connectivity index (χ0) is 24.2. The van der Waals surface area contributed by atoms with E-state index in [1.165, 1.54) is 18.2 Å². The van der Waals surface area contributed by atoms with Gasteiger partial charge in [-0.2, -0.15) is 12.6 Å². The fourth-order valence-electron chi connectivity index (χ4n) is 7.23. The van der Waals surface area contributed by atoms with E-state index in [1.54, 1.807) is 7.11 Å². The molecular weight excluding hydrogens is 438 g/mol. The predicted molar refractivity (Wildman–Crippen MR) is 130 cm³/mol. The Morgan fingerprint density at radius 2 is 1.97 bits per heavy atom. The quantitative estimate of drug-likeness (QED) is 0.267. The number of benzene rings is 1. The number of methoxy groups -OCH3 is 2. The van der Waals surface area contributed by atoms with Crippen LogP contribution in [-0.4, -0.2) is 62.0 Å². The lowest BCUT2D eigenvalue weighted by Gasteiger charge is -2.71. The predicted octanol–water partition coefficient (Wildman–Crippen LogP) is 3.79. The molecule has 5 rings (SSSR count). The van der Waals surface area contributed by atoms with Gasteiger partial charge in [0.1, 0.15) is 11.2 Å². The summed E-state index contributed by atoms with van der Waals surface area (Å²) in [5.74, 6) is 0.285. The molecule has 182 valence electrons. The van der Waals surface area contributed by atoms with Crippen LogP contribution < -0.4 is 4.74 Å². The summed E-state index contributed by atoms with van der Waals surface area (Å²) in [7, 11) is 5.08. The van der Waals surface area contributed by atoms with Gasteiger partial charge in [0.25, 0.3) is 0 Å². The molecule has 7 heteroatoms. The molecule has 2 saturated heterocycles. The number of carbonyl (C=O) groups excluding carboxylic acids is 2. The maximum atomic E-state index is 13.9. The highest BCUT2D eigenvalue weighted by Gasteiger charge is 2.74. The minimum atomic E-state index is -1.20. The third-order valence-electron chi connectivity index (χ3n) is 9.08. The molecule has 1 aromatic rings. The molecule has 33 heavy (non-hydrogen) atoms. The van der Waals surface area contributed by atoms with Gasteiger partial charge < -0.3 is 14.2 Å². The van der Waals surface area contributed by atoms with Gasteiger partial charge in [-0.25, -0.2) is 0 Å². The van der Waals surface area contributed by atoms with Crippen LogP contribution in [0.4, 0.5) is 0 Å². The first-order valence-electron chi connectivity index (χ1n) is 11.9. The number of hydrogen-bond donors (Lipinski definition) is 1. The lowest BCUT2D eigenvalue weighted by atomic mass is 9.39. The number of thiol groups is 1. The highest BCUT2D eigenvalue weighted by Crippen LogP contribution is 2.68. The molecule has 6 atom stereocenters. The van der Waals surface area contributed by atoms with Crippen molar-refractivity contribution in [1.29, 1.82) is 0 Å². The van der Waals surface area contributed by atoms with Crippen LogP contribution in [0, 0.1) is 10.8 Å². The fraction of sp³-hybridized carbons (Fsp3) is 0.692. The number of piperidine rings is 2. The van der Waals surface area contributed by atoms with Crippen molar-refractivity contribution in [2.45, 2.75) is 75.6 Å². The average Bonchev–Trinajstić information content (AvgIpc) is 2.80. The van der Waals surface area contributed by atoms with Crippen molar-refractivity contribution in [3.05, 3.63) is 29.3 Å². The molecular formula is C26H37NO5S. The molecule has 0 spiro atoms. The molecule has 2 aliphatic carbocycles. The number of rotatable bonds is 8. The van der Waals surface area contributed by atoms with Crippen molar-refractivity contribution < 1.29 is 23.8 Å². The minimum absolute atomic E-state index is 0.0823. The van der Waals surface area contributed by atoms with Crippen LogP contribution in [0.15, 0.2) is 18.2 Å². The van der Waals surface area contributed by atoms with Crippen molar-refractivity contribution in [3.8, 4) is 5.75 Å². The number of hydrogen-bond acceptors (Lipinski definition) is 7. The molecule has 0 amide bonds. The second-order valence-corrected chi connectivity index (χ2v) is 11.2. The van der Waals surface area contributed by atoms with Gasteiger partial charge in [-0.05, 0) is 61.4 Å². The van der Waals surface area contributed by atoms with Gasteiger partial charge in [-0.1, -0.05) is 33.3 Å². The molecule has 6 nitrogen and oxygen atoms in total. The van der Waals surface area contributed by atoms with Crippen LogP contribution in [-0.2, 0) is 30.9 Å². The third-order valence-corrected chi connectivity index (χ3v) is 9.58. The molecule has 1 aromatic carbocycles. The van der Waals surface area contributed by atoms with Gasteiger partial charge in [0.15, 0.2) is 12.6 Å². The highest BCUT2D eigenvalue weighted by atomic mass is 32.1. The van der Waals surface area contributed by atoms with Gasteiger partial charge in [-0.15, -0.1) is 0 Å². The van der Waals surface area contributed by atoms with Gasteiger partial charge in [0.2, 0.25) is 0 Å². The maximum Gasteiger partial charge on any atom is 0.321 e. The molecule has 1 saturated carbocycles. The Labute approximate surface area is 202 Å². The van der Waals surface area contributed by atoms with E-state index in [0.29, 0.717) is 19.3 Å². The van der Waals surface area contributed by atoms with Gasteiger partial charge >= 0.3 is 5.97 Å². The average molecular weight is 476 g/mol. The lowest BCUT2D eigenvalue weighted by molar-refractivity contribution is -0.206. The topological polar surface area (TPSA) is 65.1 Å². The van der Waals surface area contributed by atoms with Gasteiger partial charge in [-0.3, -0.25) is 14.5 Å². The summed E-state index contributed by atoms with van der Waals surface area (Å²) in [6.45, 7) is 6.79. The van der Waals surface area contributed by atoms with Crippen LogP contribution in [0.5, 0.6) is 5.75 Å². The number of nitrogens with zero attached hydrogens (tertiary/aromatic N) is 1. The summed E-state index contributed by atoms with van der Waals surface area (Å²) in [5, 5.41) is -0.473. The van der Waals surface area contributed by atoms with Crippen molar-refractivity contribution in [2.24, 2.45) is 10.8 Å². The van der Waals surface area contributed by atoms with E-state index in [-0.39, 0.29) is 35.5 Å². The molecule has 4 unspecified atom stereocenters. The fourth-order valence-corrected chi connectivity index (χ4v) is 7.72. The first-order chi connectivity index (χ1) is 15.6. The molecule has 2 aliphatic heterocycles. The molecule has 4 bridgehead atoms. The molecule has 4 aliphatic rings. The Morgan fingerprint density at radius 1 is 1.24 bits per heavy atom. The lowest BCUT2D eigenvalue weighted by Crippen LogP contribution is -2.78. The summed E-state index contributed by atoms with van der Waals surface area (Å²) in [5.41, 5.74) is 0.869. The van der Waals surface area contributed by atoms with Crippen LogP contribution in [0.3, 0.4) is 0 Å². The van der Waals surface area contributed by atoms with Gasteiger partial charge in [0.05, 0.1) is 12.4 Å². The minimum Gasteiger partial charge on any atom is -0.468 e. The van der Waals surface area contributed by atoms with E-state index in [4.69, 9.17) is 14.2 Å². The normalized spacial score (nSPS) is 35.6. The summed E-state index contributed by atoms with van der Waals surface area (Å²) in [4.78, 5) is 29.6. The second-order valence-electron chi connectivity index (χ2n) is 10.5. The van der Waals surface area contributed by atoms with Crippen LogP contribution >= 0.6 is 12.6 Å². The van der Waals surface area contributed by atoms with E-state index < -0.39 is 16.6 Å². The first-order valence-corrected chi connectivity index (χ1v) is 12.4. The number of esters is 1. The number of ketones is 1. The molecule has 0 N–H and O–H groups in total. The van der Waals surface area contributed by atoms with Gasteiger partial charge in [0, 0.05) is 24.6 Å². The zero-order valence-electron chi connectivity index (χ0n) is 20.6. The SMILES string of the molecule is CCCC(S)C(=O)C1(C(=O)OC)C[C@]2(C)C3Cc4ccc(OCOC)cc4[C@]2(C)CC1N3C. The molecule has 3 fully saturated rings. The molecule has 0 aromatic heterocycles. The Hall–Kier alpha value is -1.57. The van der Waals surface area contributed by atoms with Crippen molar-refractivity contribution in [1.82, 2.24) is 4.90 Å². The standard InChI is InChI=1S/C26H37NO5S/c1-7-8-19(33)22(28)26(23(29)31-6)14-25(3)20-11-16-9-10-17(32-15-30-5)12-18(16)24(25,2)13-21(26)27(20)4/h9-10,12,19-21,33H,7-8,11,13-15H2,1-6H3/t19?,20?,21?,24-,25+,26?/m0/s1. The zero-order valence-corrected chi connectivity index (χ0v) is 21.5. The van der Waals surface area contributed by atoms with Crippen LogP contribution in [0.2, 0.25) is 0 Å². The number of fused-ring (bicyclic) bond motifs is 2. The van der Waals surface area contributed by atoms with E-state index in [2.05, 4.69) is 50.6 Å². The van der Waals surface area contributed by atoms with E-state index in [1.807, 2.05) is 13.0 Å².